The van der Waals surface area contributed by atoms with Gasteiger partial charge in [-0.25, -0.2) is 0 Å². The lowest BCUT2D eigenvalue weighted by molar-refractivity contribution is -0.136. The quantitative estimate of drug-likeness (QED) is 0.707. The van der Waals surface area contributed by atoms with Crippen LogP contribution >= 0.6 is 15.9 Å². The maximum absolute atomic E-state index is 12.3. The molecule has 0 heterocycles. The molecule has 1 fully saturated rings. The number of hydrogen-bond acceptors (Lipinski definition) is 1. The molecule has 0 saturated heterocycles. The van der Waals surface area contributed by atoms with E-state index in [0.29, 0.717) is 24.3 Å². The zero-order chi connectivity index (χ0) is 13.1. The monoisotopic (exact) mass is 303 g/mol. The van der Waals surface area contributed by atoms with Crippen molar-refractivity contribution in [3.8, 4) is 0 Å². The molecule has 2 nitrogen and oxygen atoms in total. The molecule has 0 N–H and O–H groups in total. The fourth-order valence-corrected chi connectivity index (χ4v) is 2.37. The normalized spacial score (nSPS) is 18.6. The predicted molar refractivity (Wildman–Crippen MR) is 76.4 cm³/mol. The van der Waals surface area contributed by atoms with Crippen molar-refractivity contribution in [1.82, 2.24) is 4.90 Å². The molecule has 0 aromatic rings. The molecule has 17 heavy (non-hydrogen) atoms. The summed E-state index contributed by atoms with van der Waals surface area (Å²) in [6.07, 6.45) is 4.36. The molecular formula is C14H26BrNO. The molecule has 0 bridgehead atoms. The van der Waals surface area contributed by atoms with E-state index in [2.05, 4.69) is 48.5 Å². The number of nitrogens with zero attached hydrogens (tertiary/aromatic N) is 1. The molecule has 1 amide bonds. The lowest BCUT2D eigenvalue weighted by Crippen LogP contribution is -2.46. The molecule has 0 aromatic heterocycles. The highest BCUT2D eigenvalue weighted by Gasteiger charge is 2.30. The van der Waals surface area contributed by atoms with Gasteiger partial charge in [-0.2, -0.15) is 0 Å². The number of rotatable bonds is 5. The van der Waals surface area contributed by atoms with Gasteiger partial charge in [-0.15, -0.1) is 0 Å². The molecular weight excluding hydrogens is 278 g/mol. The van der Waals surface area contributed by atoms with Gasteiger partial charge in [0.05, 0.1) is 0 Å². The van der Waals surface area contributed by atoms with Gasteiger partial charge in [0.25, 0.3) is 0 Å². The standard InChI is InChI=1S/C14H26BrNO/c1-11(14(2,3)4)10-13(17)16(9-8-15)12-6-5-7-12/h11-12H,5-10H2,1-4H3. The highest BCUT2D eigenvalue weighted by atomic mass is 79.9. The van der Waals surface area contributed by atoms with Crippen molar-refractivity contribution in [2.24, 2.45) is 11.3 Å². The Morgan fingerprint density at radius 1 is 1.41 bits per heavy atom. The van der Waals surface area contributed by atoms with E-state index in [9.17, 15) is 4.79 Å². The van der Waals surface area contributed by atoms with Crippen molar-refractivity contribution in [3.63, 3.8) is 0 Å². The number of carbonyl (C=O) groups excluding carboxylic acids is 1. The average molecular weight is 304 g/mol. The summed E-state index contributed by atoms with van der Waals surface area (Å²) < 4.78 is 0. The minimum absolute atomic E-state index is 0.218. The SMILES string of the molecule is CC(CC(=O)N(CCBr)C1CCC1)C(C)(C)C. The van der Waals surface area contributed by atoms with Crippen LogP contribution in [0.4, 0.5) is 0 Å². The van der Waals surface area contributed by atoms with E-state index < -0.39 is 0 Å². The van der Waals surface area contributed by atoms with Gasteiger partial charge in [0.1, 0.15) is 0 Å². The number of amides is 1. The van der Waals surface area contributed by atoms with Crippen molar-refractivity contribution in [3.05, 3.63) is 0 Å². The van der Waals surface area contributed by atoms with Crippen LogP contribution in [0.5, 0.6) is 0 Å². The first-order valence-electron chi connectivity index (χ1n) is 6.71. The summed E-state index contributed by atoms with van der Waals surface area (Å²) in [6.45, 7) is 9.68. The van der Waals surface area contributed by atoms with Crippen LogP contribution in [0.2, 0.25) is 0 Å². The smallest absolute Gasteiger partial charge is 0.223 e. The lowest BCUT2D eigenvalue weighted by Gasteiger charge is -2.39. The van der Waals surface area contributed by atoms with E-state index in [1.54, 1.807) is 0 Å². The number of halogens is 1. The van der Waals surface area contributed by atoms with Crippen molar-refractivity contribution in [2.75, 3.05) is 11.9 Å². The molecule has 0 aromatic carbocycles. The Balaban J connectivity index is 2.53. The first-order valence-corrected chi connectivity index (χ1v) is 7.84. The van der Waals surface area contributed by atoms with E-state index in [1.807, 2.05) is 0 Å². The summed E-state index contributed by atoms with van der Waals surface area (Å²) in [6, 6.07) is 0.521. The predicted octanol–water partition coefficient (Wildman–Crippen LogP) is 3.83. The summed E-state index contributed by atoms with van der Waals surface area (Å²) in [5, 5.41) is 0.888. The Hall–Kier alpha value is -0.0500. The van der Waals surface area contributed by atoms with Crippen LogP contribution in [-0.4, -0.2) is 28.7 Å². The van der Waals surface area contributed by atoms with Gasteiger partial charge in [-0.05, 0) is 30.6 Å². The molecule has 1 unspecified atom stereocenters. The van der Waals surface area contributed by atoms with Crippen LogP contribution < -0.4 is 0 Å². The third-order valence-electron chi connectivity index (χ3n) is 4.12. The Labute approximate surface area is 114 Å². The van der Waals surface area contributed by atoms with E-state index in [1.165, 1.54) is 19.3 Å². The largest absolute Gasteiger partial charge is 0.339 e. The molecule has 1 saturated carbocycles. The Kier molecular flexibility index (Phi) is 5.49. The van der Waals surface area contributed by atoms with Gasteiger partial charge < -0.3 is 4.90 Å². The van der Waals surface area contributed by atoms with Crippen molar-refractivity contribution in [2.45, 2.75) is 59.4 Å². The summed E-state index contributed by atoms with van der Waals surface area (Å²) in [7, 11) is 0. The lowest BCUT2D eigenvalue weighted by atomic mass is 9.79. The second-order valence-electron chi connectivity index (χ2n) is 6.33. The third kappa shape index (κ3) is 4.27. The molecule has 1 atom stereocenters. The van der Waals surface area contributed by atoms with Gasteiger partial charge in [0, 0.05) is 24.3 Å². The minimum atomic E-state index is 0.218. The maximum Gasteiger partial charge on any atom is 0.223 e. The molecule has 0 spiro atoms. The molecule has 0 aliphatic heterocycles. The van der Waals surface area contributed by atoms with Gasteiger partial charge >= 0.3 is 0 Å². The van der Waals surface area contributed by atoms with Crippen molar-refractivity contribution in [1.29, 1.82) is 0 Å². The van der Waals surface area contributed by atoms with E-state index >= 15 is 0 Å². The fraction of sp³-hybridized carbons (Fsp3) is 0.929. The zero-order valence-corrected chi connectivity index (χ0v) is 13.2. The summed E-state index contributed by atoms with van der Waals surface area (Å²) in [4.78, 5) is 14.4. The Morgan fingerprint density at radius 2 is 2.00 bits per heavy atom. The van der Waals surface area contributed by atoms with Crippen LogP contribution in [0.25, 0.3) is 0 Å². The number of hydrogen-bond donors (Lipinski definition) is 0. The van der Waals surface area contributed by atoms with E-state index in [4.69, 9.17) is 0 Å². The van der Waals surface area contributed by atoms with Crippen LogP contribution in [0.1, 0.15) is 53.4 Å². The second-order valence-corrected chi connectivity index (χ2v) is 7.13. The van der Waals surface area contributed by atoms with Gasteiger partial charge in [0.2, 0.25) is 5.91 Å². The van der Waals surface area contributed by atoms with Crippen LogP contribution in [0.3, 0.4) is 0 Å². The Bertz CT molecular complexity index is 255. The highest BCUT2D eigenvalue weighted by molar-refractivity contribution is 9.09. The topological polar surface area (TPSA) is 20.3 Å². The highest BCUT2D eigenvalue weighted by Crippen LogP contribution is 2.31. The summed E-state index contributed by atoms with van der Waals surface area (Å²) >= 11 is 3.45. The third-order valence-corrected chi connectivity index (χ3v) is 4.48. The first-order chi connectivity index (χ1) is 7.86. The van der Waals surface area contributed by atoms with Crippen LogP contribution in [0, 0.1) is 11.3 Å². The second kappa shape index (κ2) is 6.21. The van der Waals surface area contributed by atoms with E-state index in [0.717, 1.165) is 11.9 Å². The van der Waals surface area contributed by atoms with E-state index in [-0.39, 0.29) is 5.41 Å². The first kappa shape index (κ1) is 15.0. The Morgan fingerprint density at radius 3 is 2.35 bits per heavy atom. The molecule has 1 aliphatic carbocycles. The van der Waals surface area contributed by atoms with Gasteiger partial charge in [-0.1, -0.05) is 43.6 Å². The molecule has 100 valence electrons. The van der Waals surface area contributed by atoms with Crippen LogP contribution in [-0.2, 0) is 4.79 Å². The fourth-order valence-electron chi connectivity index (χ4n) is 1.99. The van der Waals surface area contributed by atoms with Gasteiger partial charge in [0.15, 0.2) is 0 Å². The van der Waals surface area contributed by atoms with Gasteiger partial charge in [-0.3, -0.25) is 4.79 Å². The van der Waals surface area contributed by atoms with Crippen molar-refractivity contribution < 1.29 is 4.79 Å². The molecule has 1 aliphatic rings. The molecule has 0 radical (unpaired) electrons. The van der Waals surface area contributed by atoms with Crippen molar-refractivity contribution >= 4 is 21.8 Å². The minimum Gasteiger partial charge on any atom is -0.339 e. The average Bonchev–Trinajstić information content (AvgIpc) is 2.12. The number of carbonyl (C=O) groups is 1. The van der Waals surface area contributed by atoms with Crippen LogP contribution in [0.15, 0.2) is 0 Å². The molecule has 1 rings (SSSR count). The zero-order valence-electron chi connectivity index (χ0n) is 11.6. The summed E-state index contributed by atoms with van der Waals surface area (Å²) in [5.41, 5.74) is 0.218. The maximum atomic E-state index is 12.3. The summed E-state index contributed by atoms with van der Waals surface area (Å²) in [5.74, 6) is 0.782. The molecule has 3 heteroatoms. The number of alkyl halides is 1.